The van der Waals surface area contributed by atoms with Crippen LogP contribution in [0.2, 0.25) is 0 Å². The molecule has 2 atom stereocenters. The Labute approximate surface area is 141 Å². The van der Waals surface area contributed by atoms with Gasteiger partial charge in [0.2, 0.25) is 0 Å². The molecule has 128 valence electrons. The van der Waals surface area contributed by atoms with Crippen molar-refractivity contribution in [3.63, 3.8) is 0 Å². The predicted octanol–water partition coefficient (Wildman–Crippen LogP) is 4.66. The number of carbonyl (C=O) groups excluding carboxylic acids is 1. The van der Waals surface area contributed by atoms with E-state index < -0.39 is 24.0 Å². The number of carbonyl (C=O) groups is 1. The topological polar surface area (TPSA) is 42.0 Å². The molecule has 3 nitrogen and oxygen atoms in total. The maximum absolute atomic E-state index is 13.1. The van der Waals surface area contributed by atoms with Crippen LogP contribution in [0.5, 0.6) is 0 Å². The molecule has 2 aromatic rings. The molecule has 24 heavy (non-hydrogen) atoms. The lowest BCUT2D eigenvalue weighted by atomic mass is 9.84. The van der Waals surface area contributed by atoms with Crippen LogP contribution in [0.3, 0.4) is 0 Å². The molecule has 0 unspecified atom stereocenters. The number of nitrogens with one attached hydrogen (secondary N) is 1. The van der Waals surface area contributed by atoms with Gasteiger partial charge in [-0.3, -0.25) is 4.79 Å². The maximum Gasteiger partial charge on any atom is 0.393 e. The van der Waals surface area contributed by atoms with Crippen LogP contribution >= 0.6 is 11.3 Å². The summed E-state index contributed by atoms with van der Waals surface area (Å²) < 4.78 is 39.3. The Morgan fingerprint density at radius 1 is 1.17 bits per heavy atom. The maximum atomic E-state index is 13.1. The monoisotopic (exact) mass is 354 g/mol. The van der Waals surface area contributed by atoms with E-state index in [1.54, 1.807) is 5.38 Å². The molecular weight excluding hydrogens is 337 g/mol. The lowest BCUT2D eigenvalue weighted by Crippen LogP contribution is -2.47. The number of benzene rings is 1. The van der Waals surface area contributed by atoms with Crippen molar-refractivity contribution in [1.29, 1.82) is 0 Å². The summed E-state index contributed by atoms with van der Waals surface area (Å²) in [4.78, 5) is 16.6. The molecule has 0 spiro atoms. The van der Waals surface area contributed by atoms with Crippen molar-refractivity contribution in [2.24, 2.45) is 5.92 Å². The van der Waals surface area contributed by atoms with Gasteiger partial charge in [0.1, 0.15) is 10.7 Å². The summed E-state index contributed by atoms with van der Waals surface area (Å²) in [6.45, 7) is 0. The van der Waals surface area contributed by atoms with Crippen molar-refractivity contribution in [2.75, 3.05) is 0 Å². The van der Waals surface area contributed by atoms with Crippen LogP contribution in [0.15, 0.2) is 35.7 Å². The number of rotatable bonds is 3. The largest absolute Gasteiger partial charge is 0.393 e. The second-order valence-electron chi connectivity index (χ2n) is 5.92. The number of aromatic nitrogens is 1. The van der Waals surface area contributed by atoms with Crippen LogP contribution in [0, 0.1) is 5.92 Å². The Kier molecular flexibility index (Phi) is 4.89. The van der Waals surface area contributed by atoms with E-state index >= 15 is 0 Å². The van der Waals surface area contributed by atoms with E-state index in [1.165, 1.54) is 11.3 Å². The number of thiazole rings is 1. The summed E-state index contributed by atoms with van der Waals surface area (Å²) in [5.74, 6) is -2.00. The number of hydrogen-bond acceptors (Lipinski definition) is 3. The van der Waals surface area contributed by atoms with Crippen molar-refractivity contribution in [3.05, 3.63) is 41.4 Å². The van der Waals surface area contributed by atoms with Crippen molar-refractivity contribution in [2.45, 2.75) is 37.9 Å². The first kappa shape index (κ1) is 17.0. The molecule has 1 heterocycles. The summed E-state index contributed by atoms with van der Waals surface area (Å²) >= 11 is 1.31. The molecule has 1 fully saturated rings. The van der Waals surface area contributed by atoms with Crippen LogP contribution in [0.1, 0.15) is 36.2 Å². The van der Waals surface area contributed by atoms with Crippen molar-refractivity contribution >= 4 is 17.2 Å². The highest BCUT2D eigenvalue weighted by molar-refractivity contribution is 7.13. The Balaban J connectivity index is 1.72. The highest BCUT2D eigenvalue weighted by atomic mass is 32.1. The molecule has 1 N–H and O–H groups in total. The normalized spacial score (nSPS) is 21.5. The highest BCUT2D eigenvalue weighted by Gasteiger charge is 2.46. The molecule has 1 aliphatic rings. The number of halogens is 3. The minimum Gasteiger partial charge on any atom is -0.347 e. The van der Waals surface area contributed by atoms with Crippen LogP contribution in [0.4, 0.5) is 13.2 Å². The van der Waals surface area contributed by atoms with Crippen LogP contribution in [-0.4, -0.2) is 23.1 Å². The summed E-state index contributed by atoms with van der Waals surface area (Å²) in [7, 11) is 0. The smallest absolute Gasteiger partial charge is 0.347 e. The second kappa shape index (κ2) is 6.93. The molecule has 3 rings (SSSR count). The lowest BCUT2D eigenvalue weighted by Gasteiger charge is -2.33. The fourth-order valence-corrected chi connectivity index (χ4v) is 3.84. The number of alkyl halides is 3. The SMILES string of the molecule is O=C(N[C@@H]1CCCC[C@@H]1C(F)(F)F)c1csc(-c2ccccc2)n1. The van der Waals surface area contributed by atoms with Crippen molar-refractivity contribution in [1.82, 2.24) is 10.3 Å². The van der Waals surface area contributed by atoms with Crippen LogP contribution in [0.25, 0.3) is 10.6 Å². The fraction of sp³-hybridized carbons (Fsp3) is 0.412. The molecule has 1 aliphatic carbocycles. The summed E-state index contributed by atoms with van der Waals surface area (Å²) in [6, 6.07) is 8.50. The van der Waals surface area contributed by atoms with E-state index in [0.29, 0.717) is 24.3 Å². The van der Waals surface area contributed by atoms with Gasteiger partial charge in [-0.25, -0.2) is 4.98 Å². The summed E-state index contributed by atoms with van der Waals surface area (Å²) in [6.07, 6.45) is -2.61. The number of hydrogen-bond donors (Lipinski definition) is 1. The van der Waals surface area contributed by atoms with Gasteiger partial charge in [0, 0.05) is 17.0 Å². The first-order chi connectivity index (χ1) is 11.4. The van der Waals surface area contributed by atoms with Gasteiger partial charge >= 0.3 is 6.18 Å². The highest BCUT2D eigenvalue weighted by Crippen LogP contribution is 2.37. The third-order valence-electron chi connectivity index (χ3n) is 4.26. The standard InChI is InChI=1S/C17H17F3N2OS/c18-17(19,20)12-8-4-5-9-13(12)21-15(23)14-10-24-16(22-14)11-6-2-1-3-7-11/h1-3,6-7,10,12-13H,4-5,8-9H2,(H,21,23)/t12-,13+/m0/s1. The molecule has 0 bridgehead atoms. The van der Waals surface area contributed by atoms with E-state index in [1.807, 2.05) is 30.3 Å². The third kappa shape index (κ3) is 3.77. The van der Waals surface area contributed by atoms with Crippen LogP contribution in [-0.2, 0) is 0 Å². The molecule has 1 amide bonds. The Hall–Kier alpha value is -1.89. The van der Waals surface area contributed by atoms with Crippen molar-refractivity contribution in [3.8, 4) is 10.6 Å². The van der Waals surface area contributed by atoms with E-state index in [4.69, 9.17) is 0 Å². The average Bonchev–Trinajstić information content (AvgIpc) is 3.05. The van der Waals surface area contributed by atoms with Gasteiger partial charge in [0.15, 0.2) is 0 Å². The Bertz CT molecular complexity index is 699. The third-order valence-corrected chi connectivity index (χ3v) is 5.15. The minimum atomic E-state index is -4.28. The van der Waals surface area contributed by atoms with Gasteiger partial charge in [0.05, 0.1) is 5.92 Å². The summed E-state index contributed by atoms with van der Waals surface area (Å²) in [5.41, 5.74) is 1.05. The molecular formula is C17H17F3N2OS. The molecule has 0 radical (unpaired) electrons. The average molecular weight is 354 g/mol. The fourth-order valence-electron chi connectivity index (χ4n) is 3.03. The van der Waals surface area contributed by atoms with Crippen LogP contribution < -0.4 is 5.32 Å². The van der Waals surface area contributed by atoms with Gasteiger partial charge in [-0.2, -0.15) is 13.2 Å². The van der Waals surface area contributed by atoms with Gasteiger partial charge in [-0.05, 0) is 12.8 Å². The molecule has 1 aromatic heterocycles. The molecule has 1 saturated carbocycles. The number of nitrogens with zero attached hydrogens (tertiary/aromatic N) is 1. The Morgan fingerprint density at radius 2 is 1.88 bits per heavy atom. The zero-order chi connectivity index (χ0) is 17.2. The van der Waals surface area contributed by atoms with Crippen molar-refractivity contribution < 1.29 is 18.0 Å². The Morgan fingerprint density at radius 3 is 2.58 bits per heavy atom. The summed E-state index contributed by atoms with van der Waals surface area (Å²) in [5, 5.41) is 4.81. The molecule has 0 aliphatic heterocycles. The molecule has 7 heteroatoms. The van der Waals surface area contributed by atoms with E-state index in [0.717, 1.165) is 5.56 Å². The van der Waals surface area contributed by atoms with Gasteiger partial charge in [-0.1, -0.05) is 43.2 Å². The van der Waals surface area contributed by atoms with E-state index in [9.17, 15) is 18.0 Å². The molecule has 0 saturated heterocycles. The zero-order valence-corrected chi connectivity index (χ0v) is 13.7. The first-order valence-corrected chi connectivity index (χ1v) is 8.71. The van der Waals surface area contributed by atoms with E-state index in [-0.39, 0.29) is 12.1 Å². The quantitative estimate of drug-likeness (QED) is 0.871. The minimum absolute atomic E-state index is 0.0702. The van der Waals surface area contributed by atoms with Gasteiger partial charge in [-0.15, -0.1) is 11.3 Å². The number of amides is 1. The van der Waals surface area contributed by atoms with Gasteiger partial charge in [0.25, 0.3) is 5.91 Å². The van der Waals surface area contributed by atoms with Gasteiger partial charge < -0.3 is 5.32 Å². The second-order valence-corrected chi connectivity index (χ2v) is 6.77. The molecule has 1 aromatic carbocycles. The first-order valence-electron chi connectivity index (χ1n) is 7.83. The zero-order valence-electron chi connectivity index (χ0n) is 12.8. The lowest BCUT2D eigenvalue weighted by molar-refractivity contribution is -0.187. The van der Waals surface area contributed by atoms with E-state index in [2.05, 4.69) is 10.3 Å². The predicted molar refractivity (Wildman–Crippen MR) is 86.8 cm³/mol.